The van der Waals surface area contributed by atoms with Crippen LogP contribution in [0.25, 0.3) is 0 Å². The van der Waals surface area contributed by atoms with Gasteiger partial charge in [0.15, 0.2) is 0 Å². The fraction of sp³-hybridized carbons (Fsp3) is 0.769. The molecule has 0 aromatic rings. The molecule has 0 spiro atoms. The molecular formula is C13H25Y. The Hall–Kier alpha value is 1.10. The zero-order chi connectivity index (χ0) is 10.4. The molecule has 0 saturated heterocycles. The minimum absolute atomic E-state index is 0. The van der Waals surface area contributed by atoms with E-state index in [2.05, 4.69) is 27.7 Å². The van der Waals surface area contributed by atoms with Crippen molar-refractivity contribution in [2.24, 2.45) is 23.7 Å². The summed E-state index contributed by atoms with van der Waals surface area (Å²) in [5, 5.41) is 0. The maximum absolute atomic E-state index is 4.15. The molecule has 0 aromatic heterocycles. The number of rotatable bonds is 1. The molecule has 1 fully saturated rings. The summed E-state index contributed by atoms with van der Waals surface area (Å²) in [4.78, 5) is 0. The minimum Gasteiger partial charge on any atom is -0.340 e. The summed E-state index contributed by atoms with van der Waals surface area (Å²) < 4.78 is 0. The SMILES string of the molecule is C[CH-]C.[CH2-]C1CCC([CH2-])C1C(C)C.[Y+3]. The molecule has 0 aromatic carbocycles. The molecule has 80 valence electrons. The zero-order valence-corrected chi connectivity index (χ0v) is 13.1. The molecule has 0 heterocycles. The van der Waals surface area contributed by atoms with Crippen molar-refractivity contribution in [3.8, 4) is 0 Å². The van der Waals surface area contributed by atoms with Crippen molar-refractivity contribution in [1.82, 2.24) is 0 Å². The maximum atomic E-state index is 4.15. The van der Waals surface area contributed by atoms with Gasteiger partial charge in [-0.25, -0.2) is 0 Å². The van der Waals surface area contributed by atoms with E-state index in [1.54, 1.807) is 0 Å². The van der Waals surface area contributed by atoms with Crippen LogP contribution in [0, 0.1) is 43.9 Å². The van der Waals surface area contributed by atoms with Crippen molar-refractivity contribution < 1.29 is 32.7 Å². The summed E-state index contributed by atoms with van der Waals surface area (Å²) in [6.07, 6.45) is 4.58. The smallest absolute Gasteiger partial charge is 0.340 e. The van der Waals surface area contributed by atoms with Crippen molar-refractivity contribution in [2.45, 2.75) is 40.5 Å². The Morgan fingerprint density at radius 2 is 1.36 bits per heavy atom. The van der Waals surface area contributed by atoms with E-state index in [9.17, 15) is 0 Å². The van der Waals surface area contributed by atoms with Gasteiger partial charge in [-0.1, -0.05) is 32.6 Å². The molecule has 0 bridgehead atoms. The largest absolute Gasteiger partial charge is 3.00 e. The Morgan fingerprint density at radius 1 is 1.07 bits per heavy atom. The second kappa shape index (κ2) is 9.34. The van der Waals surface area contributed by atoms with Gasteiger partial charge in [-0.05, 0) is 5.92 Å². The van der Waals surface area contributed by atoms with Crippen molar-refractivity contribution in [3.05, 3.63) is 20.3 Å². The molecule has 1 heteroatoms. The van der Waals surface area contributed by atoms with Gasteiger partial charge in [-0.15, -0.1) is 0 Å². The third-order valence-electron chi connectivity index (χ3n) is 2.77. The van der Waals surface area contributed by atoms with Crippen LogP contribution in [0.2, 0.25) is 0 Å². The molecule has 0 N–H and O–H groups in total. The average molecular weight is 270 g/mol. The van der Waals surface area contributed by atoms with Gasteiger partial charge in [0.2, 0.25) is 0 Å². The molecule has 0 amide bonds. The summed E-state index contributed by atoms with van der Waals surface area (Å²) in [6.45, 7) is 16.9. The van der Waals surface area contributed by atoms with Gasteiger partial charge in [-0.2, -0.15) is 25.7 Å². The fourth-order valence-corrected chi connectivity index (χ4v) is 2.29. The normalized spacial score (nSPS) is 30.6. The van der Waals surface area contributed by atoms with Gasteiger partial charge in [0, 0.05) is 0 Å². The van der Waals surface area contributed by atoms with E-state index >= 15 is 0 Å². The Morgan fingerprint density at radius 3 is 1.50 bits per heavy atom. The van der Waals surface area contributed by atoms with Gasteiger partial charge >= 0.3 is 32.7 Å². The van der Waals surface area contributed by atoms with Crippen molar-refractivity contribution in [1.29, 1.82) is 0 Å². The van der Waals surface area contributed by atoms with Gasteiger partial charge < -0.3 is 20.3 Å². The zero-order valence-electron chi connectivity index (χ0n) is 10.3. The molecular weight excluding hydrogens is 245 g/mol. The Balaban J connectivity index is 0. The van der Waals surface area contributed by atoms with Crippen LogP contribution < -0.4 is 0 Å². The van der Waals surface area contributed by atoms with Gasteiger partial charge in [0.25, 0.3) is 0 Å². The second-order valence-corrected chi connectivity index (χ2v) is 4.50. The molecule has 2 unspecified atom stereocenters. The Bertz CT molecular complexity index is 110. The van der Waals surface area contributed by atoms with E-state index in [4.69, 9.17) is 0 Å². The summed E-state index contributed by atoms with van der Waals surface area (Å²) >= 11 is 0. The van der Waals surface area contributed by atoms with Crippen molar-refractivity contribution in [3.63, 3.8) is 0 Å². The fourth-order valence-electron chi connectivity index (χ4n) is 2.29. The Kier molecular flexibility index (Phi) is 11.7. The van der Waals surface area contributed by atoms with E-state index in [1.165, 1.54) is 12.8 Å². The molecule has 0 radical (unpaired) electrons. The first-order valence-electron chi connectivity index (χ1n) is 5.44. The molecule has 1 saturated carbocycles. The molecule has 14 heavy (non-hydrogen) atoms. The van der Waals surface area contributed by atoms with E-state index < -0.39 is 0 Å². The maximum Gasteiger partial charge on any atom is 3.00 e. The van der Waals surface area contributed by atoms with Crippen LogP contribution in [0.3, 0.4) is 0 Å². The molecule has 0 nitrogen and oxygen atoms in total. The topological polar surface area (TPSA) is 0 Å². The number of hydrogen-bond acceptors (Lipinski definition) is 0. The monoisotopic (exact) mass is 270 g/mol. The third kappa shape index (κ3) is 5.86. The molecule has 2 atom stereocenters. The van der Waals surface area contributed by atoms with Crippen LogP contribution in [0.1, 0.15) is 40.5 Å². The van der Waals surface area contributed by atoms with Crippen molar-refractivity contribution in [2.75, 3.05) is 0 Å². The van der Waals surface area contributed by atoms with Crippen LogP contribution in [-0.4, -0.2) is 0 Å². The average Bonchev–Trinajstić information content (AvgIpc) is 2.32. The number of hydrogen-bond donors (Lipinski definition) is 0. The minimum atomic E-state index is 0. The predicted molar refractivity (Wildman–Crippen MR) is 60.9 cm³/mol. The van der Waals surface area contributed by atoms with E-state index in [0.29, 0.717) is 11.8 Å². The van der Waals surface area contributed by atoms with Crippen LogP contribution >= 0.6 is 0 Å². The van der Waals surface area contributed by atoms with Gasteiger partial charge in [0.1, 0.15) is 0 Å². The van der Waals surface area contributed by atoms with Gasteiger partial charge in [0.05, 0.1) is 0 Å². The summed E-state index contributed by atoms with van der Waals surface area (Å²) in [6, 6.07) is 0. The van der Waals surface area contributed by atoms with Crippen LogP contribution in [0.4, 0.5) is 0 Å². The standard InChI is InChI=1S/C10H18.C3H7.Y/c1-7(2)10-8(3)5-6-9(10)4;1-3-2;/h7-10H,3-6H2,1-2H3;3H,1-2H3;/q-2;-1;+3. The van der Waals surface area contributed by atoms with Crippen molar-refractivity contribution >= 4 is 0 Å². The molecule has 1 aliphatic rings. The first kappa shape index (κ1) is 17.5. The quantitative estimate of drug-likeness (QED) is 0.627. The second-order valence-electron chi connectivity index (χ2n) is 4.50. The molecule has 0 aliphatic heterocycles. The predicted octanol–water partition coefficient (Wildman–Crippen LogP) is 4.18. The van der Waals surface area contributed by atoms with Crippen LogP contribution in [0.15, 0.2) is 0 Å². The van der Waals surface area contributed by atoms with Crippen LogP contribution in [0.5, 0.6) is 0 Å². The van der Waals surface area contributed by atoms with E-state index in [0.717, 1.165) is 11.8 Å². The summed E-state index contributed by atoms with van der Waals surface area (Å²) in [5.41, 5.74) is 0. The van der Waals surface area contributed by atoms with E-state index in [1.807, 2.05) is 20.3 Å². The Labute approximate surface area is 117 Å². The molecule has 1 aliphatic carbocycles. The first-order chi connectivity index (χ1) is 6.04. The third-order valence-corrected chi connectivity index (χ3v) is 2.77. The first-order valence-corrected chi connectivity index (χ1v) is 5.44. The summed E-state index contributed by atoms with van der Waals surface area (Å²) in [5.74, 6) is 2.89. The summed E-state index contributed by atoms with van der Waals surface area (Å²) in [7, 11) is 0. The van der Waals surface area contributed by atoms with Crippen LogP contribution in [-0.2, 0) is 32.7 Å². The van der Waals surface area contributed by atoms with E-state index in [-0.39, 0.29) is 32.7 Å². The molecule has 1 rings (SSSR count). The van der Waals surface area contributed by atoms with Gasteiger partial charge in [-0.3, -0.25) is 0 Å².